The van der Waals surface area contributed by atoms with Gasteiger partial charge in [0, 0.05) is 18.8 Å². The molecule has 0 heterocycles. The van der Waals surface area contributed by atoms with Crippen LogP contribution in [-0.4, -0.2) is 13.1 Å². The van der Waals surface area contributed by atoms with Gasteiger partial charge in [-0.15, -0.1) is 0 Å². The van der Waals surface area contributed by atoms with Gasteiger partial charge in [-0.1, -0.05) is 52.2 Å². The molecule has 1 unspecified atom stereocenters. The number of unbranched alkanes of at least 4 members (excludes halogenated alkanes) is 1. The van der Waals surface area contributed by atoms with Gasteiger partial charge in [0.1, 0.15) is 0 Å². The molecule has 108 valence electrons. The average Bonchev–Trinajstić information content (AvgIpc) is 2.42. The lowest BCUT2D eigenvalue weighted by molar-refractivity contribution is 0.445. The van der Waals surface area contributed by atoms with Crippen molar-refractivity contribution >= 4 is 5.69 Å². The van der Waals surface area contributed by atoms with Crippen LogP contribution in [0.1, 0.15) is 58.4 Å². The van der Waals surface area contributed by atoms with Crippen LogP contribution in [0.2, 0.25) is 0 Å². The van der Waals surface area contributed by atoms with E-state index in [4.69, 9.17) is 0 Å². The molecule has 1 rings (SSSR count). The molecule has 0 saturated carbocycles. The molecular formula is C18H31N. The number of nitrogens with zero attached hydrogens (tertiary/aromatic N) is 1. The number of hydrogen-bond donors (Lipinski definition) is 0. The van der Waals surface area contributed by atoms with Crippen LogP contribution in [0.25, 0.3) is 0 Å². The lowest BCUT2D eigenvalue weighted by atomic mass is 9.98. The molecule has 1 aromatic carbocycles. The fourth-order valence-electron chi connectivity index (χ4n) is 2.65. The average molecular weight is 261 g/mol. The van der Waals surface area contributed by atoms with Gasteiger partial charge in [0.25, 0.3) is 0 Å². The largest absolute Gasteiger partial charge is 0.371 e. The van der Waals surface area contributed by atoms with E-state index in [1.54, 1.807) is 0 Å². The van der Waals surface area contributed by atoms with Crippen LogP contribution in [0, 0.1) is 12.8 Å². The van der Waals surface area contributed by atoms with E-state index in [2.05, 4.69) is 56.9 Å². The van der Waals surface area contributed by atoms with E-state index in [1.807, 2.05) is 0 Å². The van der Waals surface area contributed by atoms with Crippen molar-refractivity contribution in [1.29, 1.82) is 0 Å². The van der Waals surface area contributed by atoms with Crippen LogP contribution in [0.15, 0.2) is 24.3 Å². The lowest BCUT2D eigenvalue weighted by Gasteiger charge is -2.29. The molecule has 1 aromatic rings. The van der Waals surface area contributed by atoms with E-state index in [0.29, 0.717) is 0 Å². The van der Waals surface area contributed by atoms with Gasteiger partial charge < -0.3 is 4.90 Å². The number of anilines is 1. The molecule has 0 fully saturated rings. The summed E-state index contributed by atoms with van der Waals surface area (Å²) in [5.41, 5.74) is 2.76. The molecule has 0 aliphatic carbocycles. The van der Waals surface area contributed by atoms with Crippen LogP contribution in [-0.2, 0) is 0 Å². The fraction of sp³-hybridized carbons (Fsp3) is 0.667. The quantitative estimate of drug-likeness (QED) is 0.573. The Labute approximate surface area is 120 Å². The molecule has 1 atom stereocenters. The van der Waals surface area contributed by atoms with Crippen molar-refractivity contribution in [1.82, 2.24) is 0 Å². The predicted octanol–water partition coefficient (Wildman–Crippen LogP) is 5.43. The monoisotopic (exact) mass is 261 g/mol. The van der Waals surface area contributed by atoms with Gasteiger partial charge in [-0.2, -0.15) is 0 Å². The van der Waals surface area contributed by atoms with E-state index in [9.17, 15) is 0 Å². The Kier molecular flexibility index (Phi) is 7.62. The van der Waals surface area contributed by atoms with E-state index >= 15 is 0 Å². The maximum Gasteiger partial charge on any atom is 0.0368 e. The molecule has 19 heavy (non-hydrogen) atoms. The van der Waals surface area contributed by atoms with Crippen LogP contribution in [0.5, 0.6) is 0 Å². The van der Waals surface area contributed by atoms with Gasteiger partial charge >= 0.3 is 0 Å². The molecule has 1 nitrogen and oxygen atoms in total. The molecular weight excluding hydrogens is 230 g/mol. The Morgan fingerprint density at radius 1 is 1.11 bits per heavy atom. The zero-order valence-corrected chi connectivity index (χ0v) is 13.3. The molecule has 0 bridgehead atoms. The van der Waals surface area contributed by atoms with E-state index < -0.39 is 0 Å². The SMILES string of the molecule is CCCCC(CC)CN(CCC)c1cccc(C)c1. The second-order valence-electron chi connectivity index (χ2n) is 5.70. The number of benzene rings is 1. The number of aryl methyl sites for hydroxylation is 1. The van der Waals surface area contributed by atoms with Gasteiger partial charge in [0.2, 0.25) is 0 Å². The highest BCUT2D eigenvalue weighted by molar-refractivity contribution is 5.48. The first-order valence-corrected chi connectivity index (χ1v) is 8.02. The summed E-state index contributed by atoms with van der Waals surface area (Å²) in [7, 11) is 0. The fourth-order valence-corrected chi connectivity index (χ4v) is 2.65. The lowest BCUT2D eigenvalue weighted by Crippen LogP contribution is -2.30. The van der Waals surface area contributed by atoms with Gasteiger partial charge in [-0.05, 0) is 43.4 Å². The Morgan fingerprint density at radius 3 is 2.47 bits per heavy atom. The normalized spacial score (nSPS) is 12.4. The summed E-state index contributed by atoms with van der Waals surface area (Å²) in [5, 5.41) is 0. The minimum atomic E-state index is 0.840. The second kappa shape index (κ2) is 9.01. The molecule has 0 spiro atoms. The highest BCUT2D eigenvalue weighted by atomic mass is 15.1. The third kappa shape index (κ3) is 5.67. The third-order valence-electron chi connectivity index (χ3n) is 3.88. The number of hydrogen-bond acceptors (Lipinski definition) is 1. The highest BCUT2D eigenvalue weighted by Gasteiger charge is 2.12. The molecule has 0 saturated heterocycles. The number of rotatable bonds is 9. The van der Waals surface area contributed by atoms with E-state index in [0.717, 1.165) is 5.92 Å². The van der Waals surface area contributed by atoms with E-state index in [-0.39, 0.29) is 0 Å². The second-order valence-corrected chi connectivity index (χ2v) is 5.70. The Balaban J connectivity index is 2.70. The van der Waals surface area contributed by atoms with Crippen molar-refractivity contribution in [3.05, 3.63) is 29.8 Å². The maximum atomic E-state index is 2.58. The smallest absolute Gasteiger partial charge is 0.0368 e. The topological polar surface area (TPSA) is 3.24 Å². The van der Waals surface area contributed by atoms with Gasteiger partial charge in [-0.3, -0.25) is 0 Å². The zero-order chi connectivity index (χ0) is 14.1. The van der Waals surface area contributed by atoms with Crippen molar-refractivity contribution in [3.63, 3.8) is 0 Å². The van der Waals surface area contributed by atoms with Crippen LogP contribution < -0.4 is 4.90 Å². The molecule has 0 radical (unpaired) electrons. The third-order valence-corrected chi connectivity index (χ3v) is 3.88. The molecule has 0 N–H and O–H groups in total. The van der Waals surface area contributed by atoms with Crippen LogP contribution >= 0.6 is 0 Å². The Bertz CT molecular complexity index is 345. The molecule has 0 aliphatic rings. The van der Waals surface area contributed by atoms with Crippen molar-refractivity contribution in [2.24, 2.45) is 5.92 Å². The first-order valence-electron chi connectivity index (χ1n) is 8.02. The van der Waals surface area contributed by atoms with Gasteiger partial charge in [0.05, 0.1) is 0 Å². The van der Waals surface area contributed by atoms with Crippen LogP contribution in [0.3, 0.4) is 0 Å². The minimum absolute atomic E-state index is 0.840. The Hall–Kier alpha value is -0.980. The molecule has 0 aromatic heterocycles. The molecule has 0 aliphatic heterocycles. The van der Waals surface area contributed by atoms with Crippen molar-refractivity contribution in [2.75, 3.05) is 18.0 Å². The summed E-state index contributed by atoms with van der Waals surface area (Å²) in [6, 6.07) is 8.94. The van der Waals surface area contributed by atoms with Crippen molar-refractivity contribution in [3.8, 4) is 0 Å². The molecule has 1 heteroatoms. The first-order chi connectivity index (χ1) is 9.21. The van der Waals surface area contributed by atoms with Gasteiger partial charge in [0.15, 0.2) is 0 Å². The standard InChI is InChI=1S/C18H31N/c1-5-8-11-17(7-3)15-19(13-6-2)18-12-9-10-16(4)14-18/h9-10,12,14,17H,5-8,11,13,15H2,1-4H3. The molecule has 0 amide bonds. The highest BCUT2D eigenvalue weighted by Crippen LogP contribution is 2.21. The summed E-state index contributed by atoms with van der Waals surface area (Å²) < 4.78 is 0. The Morgan fingerprint density at radius 2 is 1.89 bits per heavy atom. The summed E-state index contributed by atoms with van der Waals surface area (Å²) in [4.78, 5) is 2.58. The van der Waals surface area contributed by atoms with Gasteiger partial charge in [-0.25, -0.2) is 0 Å². The maximum absolute atomic E-state index is 2.58. The van der Waals surface area contributed by atoms with Crippen molar-refractivity contribution in [2.45, 2.75) is 59.8 Å². The summed E-state index contributed by atoms with van der Waals surface area (Å²) in [5.74, 6) is 0.840. The zero-order valence-electron chi connectivity index (χ0n) is 13.3. The van der Waals surface area contributed by atoms with Crippen molar-refractivity contribution < 1.29 is 0 Å². The van der Waals surface area contributed by atoms with E-state index in [1.165, 1.54) is 56.4 Å². The minimum Gasteiger partial charge on any atom is -0.371 e. The first kappa shape index (κ1) is 16.1. The summed E-state index contributed by atoms with van der Waals surface area (Å²) >= 11 is 0. The summed E-state index contributed by atoms with van der Waals surface area (Å²) in [6.45, 7) is 11.5. The predicted molar refractivity (Wildman–Crippen MR) is 87.0 cm³/mol. The summed E-state index contributed by atoms with van der Waals surface area (Å²) in [6.07, 6.45) is 6.57. The van der Waals surface area contributed by atoms with Crippen LogP contribution in [0.4, 0.5) is 5.69 Å².